The number of nitrogens with one attached hydrogen (secondary N) is 3. The van der Waals surface area contributed by atoms with Crippen LogP contribution in [-0.2, 0) is 4.79 Å². The number of carbonyl (C=O) groups excluding carboxylic acids is 1. The molecule has 0 saturated heterocycles. The number of hydrogen-bond donors (Lipinski definition) is 3. The smallest absolute Gasteiger partial charge is 0.296 e. The molecule has 0 aliphatic heterocycles. The van der Waals surface area contributed by atoms with Gasteiger partial charge in [-0.2, -0.15) is 0 Å². The molecule has 0 aromatic heterocycles. The van der Waals surface area contributed by atoms with Gasteiger partial charge in [0.25, 0.3) is 11.6 Å². The van der Waals surface area contributed by atoms with Crippen molar-refractivity contribution in [2.24, 2.45) is 0 Å². The molecule has 0 fully saturated rings. The first-order valence-electron chi connectivity index (χ1n) is 9.70. The van der Waals surface area contributed by atoms with E-state index in [1.54, 1.807) is 18.2 Å². The lowest BCUT2D eigenvalue weighted by atomic mass is 10.1. The highest BCUT2D eigenvalue weighted by Gasteiger charge is 2.23. The molecule has 3 aromatic carbocycles. The summed E-state index contributed by atoms with van der Waals surface area (Å²) >= 11 is 5.37. The summed E-state index contributed by atoms with van der Waals surface area (Å²) in [5, 5.41) is 20.2. The molecule has 0 aliphatic rings. The van der Waals surface area contributed by atoms with Gasteiger partial charge in [-0.15, -0.1) is 0 Å². The molecule has 3 aromatic rings. The molecule has 8 nitrogen and oxygen atoms in total. The van der Waals surface area contributed by atoms with Crippen molar-refractivity contribution >= 4 is 40.3 Å². The van der Waals surface area contributed by atoms with Crippen molar-refractivity contribution in [1.82, 2.24) is 5.32 Å². The molecule has 0 heterocycles. The first-order chi connectivity index (χ1) is 15.4. The maximum atomic E-state index is 13.1. The van der Waals surface area contributed by atoms with Crippen molar-refractivity contribution in [3.8, 4) is 5.75 Å². The van der Waals surface area contributed by atoms with Crippen molar-refractivity contribution in [3.63, 3.8) is 0 Å². The summed E-state index contributed by atoms with van der Waals surface area (Å²) in [4.78, 5) is 24.0. The van der Waals surface area contributed by atoms with Crippen LogP contribution >= 0.6 is 12.2 Å². The second-order valence-electron chi connectivity index (χ2n) is 6.89. The predicted octanol–water partition coefficient (Wildman–Crippen LogP) is 4.58. The summed E-state index contributed by atoms with van der Waals surface area (Å²) in [6.45, 7) is 1.90. The van der Waals surface area contributed by atoms with Gasteiger partial charge in [0.15, 0.2) is 5.11 Å². The van der Waals surface area contributed by atoms with Crippen molar-refractivity contribution < 1.29 is 14.5 Å². The number of ether oxygens (including phenoxy) is 1. The Morgan fingerprint density at radius 3 is 2.34 bits per heavy atom. The molecule has 164 valence electrons. The van der Waals surface area contributed by atoms with Crippen LogP contribution < -0.4 is 20.7 Å². The Morgan fingerprint density at radius 1 is 1.00 bits per heavy atom. The number of para-hydroxylation sites is 1. The summed E-state index contributed by atoms with van der Waals surface area (Å²) in [5.74, 6) is 0.0276. The minimum atomic E-state index is -0.826. The van der Waals surface area contributed by atoms with Crippen molar-refractivity contribution in [2.75, 3.05) is 17.7 Å². The van der Waals surface area contributed by atoms with Gasteiger partial charge in [0, 0.05) is 5.69 Å². The number of rotatable bonds is 7. The first kappa shape index (κ1) is 22.7. The zero-order chi connectivity index (χ0) is 23.1. The predicted molar refractivity (Wildman–Crippen MR) is 128 cm³/mol. The summed E-state index contributed by atoms with van der Waals surface area (Å²) in [7, 11) is 1.43. The molecule has 0 saturated carbocycles. The van der Waals surface area contributed by atoms with Crippen LogP contribution in [0.25, 0.3) is 0 Å². The van der Waals surface area contributed by atoms with Gasteiger partial charge in [0.05, 0.1) is 18.1 Å². The summed E-state index contributed by atoms with van der Waals surface area (Å²) < 4.78 is 5.05. The van der Waals surface area contributed by atoms with E-state index in [2.05, 4.69) is 16.0 Å². The van der Waals surface area contributed by atoms with Gasteiger partial charge in [0.1, 0.15) is 17.5 Å². The van der Waals surface area contributed by atoms with Crippen LogP contribution in [0.3, 0.4) is 0 Å². The molecule has 0 bridgehead atoms. The Labute approximate surface area is 190 Å². The van der Waals surface area contributed by atoms with Crippen LogP contribution in [0.2, 0.25) is 0 Å². The Kier molecular flexibility index (Phi) is 7.35. The molecule has 0 spiro atoms. The van der Waals surface area contributed by atoms with Gasteiger partial charge in [-0.25, -0.2) is 0 Å². The van der Waals surface area contributed by atoms with E-state index in [0.29, 0.717) is 17.0 Å². The minimum Gasteiger partial charge on any atom is -0.496 e. The number of carbonyl (C=O) groups is 1. The lowest BCUT2D eigenvalue weighted by molar-refractivity contribution is -0.384. The van der Waals surface area contributed by atoms with Crippen LogP contribution in [0.4, 0.5) is 17.1 Å². The Hall–Kier alpha value is -3.98. The Bertz CT molecular complexity index is 1140. The Morgan fingerprint density at radius 2 is 1.69 bits per heavy atom. The molecule has 3 rings (SSSR count). The second kappa shape index (κ2) is 10.4. The highest BCUT2D eigenvalue weighted by Crippen LogP contribution is 2.29. The number of amides is 1. The third-order valence-corrected chi connectivity index (χ3v) is 4.94. The molecule has 1 atom stereocenters. The molecular weight excluding hydrogens is 428 g/mol. The molecule has 32 heavy (non-hydrogen) atoms. The fourth-order valence-corrected chi connectivity index (χ4v) is 3.28. The zero-order valence-corrected chi connectivity index (χ0v) is 18.3. The topological polar surface area (TPSA) is 106 Å². The number of anilines is 2. The molecule has 0 unspecified atom stereocenters. The van der Waals surface area contributed by atoms with E-state index in [9.17, 15) is 14.9 Å². The highest BCUT2D eigenvalue weighted by atomic mass is 32.1. The van der Waals surface area contributed by atoms with Gasteiger partial charge in [0.2, 0.25) is 0 Å². The van der Waals surface area contributed by atoms with E-state index in [0.717, 1.165) is 5.56 Å². The normalized spacial score (nSPS) is 11.2. The fraction of sp³-hybridized carbons (Fsp3) is 0.130. The van der Waals surface area contributed by atoms with Gasteiger partial charge in [-0.3, -0.25) is 14.9 Å². The van der Waals surface area contributed by atoms with E-state index in [1.807, 2.05) is 49.4 Å². The van der Waals surface area contributed by atoms with Crippen molar-refractivity contribution in [1.29, 1.82) is 0 Å². The number of nitro groups is 1. The zero-order valence-electron chi connectivity index (χ0n) is 17.5. The third-order valence-electron chi connectivity index (χ3n) is 4.72. The fourth-order valence-electron chi connectivity index (χ4n) is 3.05. The first-order valence-corrected chi connectivity index (χ1v) is 10.1. The Balaban J connectivity index is 1.83. The number of nitro benzene ring substituents is 1. The molecule has 3 N–H and O–H groups in total. The second-order valence-corrected chi connectivity index (χ2v) is 7.29. The van der Waals surface area contributed by atoms with Crippen LogP contribution in [0.5, 0.6) is 5.75 Å². The maximum Gasteiger partial charge on any atom is 0.296 e. The van der Waals surface area contributed by atoms with E-state index in [4.69, 9.17) is 17.0 Å². The average molecular weight is 451 g/mol. The largest absolute Gasteiger partial charge is 0.496 e. The molecule has 1 amide bonds. The van der Waals surface area contributed by atoms with E-state index >= 15 is 0 Å². The number of benzene rings is 3. The standard InChI is InChI=1S/C23H22N4O4S/c1-15-8-6-7-11-18(15)24-22(28)21(16-9-4-3-5-10-16)26-23(32)25-19-13-12-17(31-2)14-20(19)27(29)30/h3-14,21H,1-2H3,(H,24,28)(H2,25,26,32)/t21-/m1/s1. The molecular formula is C23H22N4O4S. The van der Waals surface area contributed by atoms with Gasteiger partial charge in [-0.05, 0) is 48.5 Å². The van der Waals surface area contributed by atoms with E-state index < -0.39 is 11.0 Å². The van der Waals surface area contributed by atoms with Gasteiger partial charge >= 0.3 is 0 Å². The number of thiocarbonyl (C=S) groups is 1. The molecule has 9 heteroatoms. The number of methoxy groups -OCH3 is 1. The molecule has 0 aliphatic carbocycles. The summed E-state index contributed by atoms with van der Waals surface area (Å²) in [6.07, 6.45) is 0. The number of nitrogens with zero attached hydrogens (tertiary/aromatic N) is 1. The lowest BCUT2D eigenvalue weighted by Crippen LogP contribution is -2.39. The quantitative estimate of drug-likeness (QED) is 0.275. The van der Waals surface area contributed by atoms with Crippen molar-refractivity contribution in [3.05, 3.63) is 94.0 Å². The van der Waals surface area contributed by atoms with Crippen LogP contribution in [0.15, 0.2) is 72.8 Å². The minimum absolute atomic E-state index is 0.0621. The van der Waals surface area contributed by atoms with Gasteiger partial charge in [-0.1, -0.05) is 48.5 Å². The molecule has 0 radical (unpaired) electrons. The third kappa shape index (κ3) is 5.58. The SMILES string of the molecule is COc1ccc(NC(=S)N[C@@H](C(=O)Nc2ccccc2C)c2ccccc2)c([N+](=O)[O-])c1. The lowest BCUT2D eigenvalue weighted by Gasteiger charge is -2.21. The number of aryl methyl sites for hydroxylation is 1. The number of hydrogen-bond acceptors (Lipinski definition) is 5. The van der Waals surface area contributed by atoms with Crippen molar-refractivity contribution in [2.45, 2.75) is 13.0 Å². The highest BCUT2D eigenvalue weighted by molar-refractivity contribution is 7.80. The van der Waals surface area contributed by atoms with Gasteiger partial charge < -0.3 is 20.7 Å². The van der Waals surface area contributed by atoms with Crippen LogP contribution in [-0.4, -0.2) is 23.1 Å². The van der Waals surface area contributed by atoms with Crippen LogP contribution in [0.1, 0.15) is 17.2 Å². The van der Waals surface area contributed by atoms with E-state index in [1.165, 1.54) is 19.2 Å². The summed E-state index contributed by atoms with van der Waals surface area (Å²) in [5.41, 5.74) is 2.27. The monoisotopic (exact) mass is 450 g/mol. The summed E-state index contributed by atoms with van der Waals surface area (Å²) in [6, 6.07) is 20.1. The van der Waals surface area contributed by atoms with Crippen LogP contribution in [0, 0.1) is 17.0 Å². The maximum absolute atomic E-state index is 13.1. The van der Waals surface area contributed by atoms with E-state index in [-0.39, 0.29) is 22.4 Å². The average Bonchev–Trinajstić information content (AvgIpc) is 2.79.